The number of hydrogen-bond donors (Lipinski definition) is 3. The fourth-order valence-corrected chi connectivity index (χ4v) is 1.95. The van der Waals surface area contributed by atoms with Crippen molar-refractivity contribution in [3.05, 3.63) is 29.0 Å². The van der Waals surface area contributed by atoms with Gasteiger partial charge in [0.25, 0.3) is 0 Å². The lowest BCUT2D eigenvalue weighted by Crippen LogP contribution is -2.44. The van der Waals surface area contributed by atoms with Crippen LogP contribution in [0, 0.1) is 11.7 Å². The fourth-order valence-electron chi connectivity index (χ4n) is 1.78. The Hall–Kier alpha value is -1.66. The van der Waals surface area contributed by atoms with Crippen LogP contribution in [-0.4, -0.2) is 29.6 Å². The summed E-state index contributed by atoms with van der Waals surface area (Å²) >= 11 is 5.58. The number of carbonyl (C=O) groups excluding carboxylic acids is 2. The van der Waals surface area contributed by atoms with E-state index in [2.05, 4.69) is 10.6 Å². The standard InChI is InChI=1S/C14H18ClFN2O3/c1-8(2)6-9(7-19)17-13(20)14(21)18-11-5-3-4-10(15)12(11)16/h3-5,8-9,19H,6-7H2,1-2H3,(H,17,20)(H,18,21). The summed E-state index contributed by atoms with van der Waals surface area (Å²) in [6, 6.07) is 3.56. The van der Waals surface area contributed by atoms with Gasteiger partial charge in [0.15, 0.2) is 5.82 Å². The minimum atomic E-state index is -1.02. The van der Waals surface area contributed by atoms with Crippen LogP contribution in [0.1, 0.15) is 20.3 Å². The highest BCUT2D eigenvalue weighted by Gasteiger charge is 2.20. The Kier molecular flexibility index (Phi) is 6.58. The smallest absolute Gasteiger partial charge is 0.313 e. The summed E-state index contributed by atoms with van der Waals surface area (Å²) < 4.78 is 13.6. The van der Waals surface area contributed by atoms with Gasteiger partial charge in [0, 0.05) is 0 Å². The summed E-state index contributed by atoms with van der Waals surface area (Å²) in [6.45, 7) is 3.58. The average Bonchev–Trinajstić information content (AvgIpc) is 2.42. The predicted molar refractivity (Wildman–Crippen MR) is 78.5 cm³/mol. The van der Waals surface area contributed by atoms with E-state index in [9.17, 15) is 14.0 Å². The Morgan fingerprint density at radius 2 is 2.00 bits per heavy atom. The molecule has 1 unspecified atom stereocenters. The molecule has 7 heteroatoms. The molecular weight excluding hydrogens is 299 g/mol. The van der Waals surface area contributed by atoms with Gasteiger partial charge in [-0.05, 0) is 24.5 Å². The molecule has 1 atom stereocenters. The number of carbonyl (C=O) groups is 2. The number of rotatable bonds is 5. The maximum absolute atomic E-state index is 13.6. The Labute approximate surface area is 127 Å². The van der Waals surface area contributed by atoms with Gasteiger partial charge in [-0.2, -0.15) is 0 Å². The van der Waals surface area contributed by atoms with E-state index in [1.165, 1.54) is 18.2 Å². The minimum absolute atomic E-state index is 0.152. The molecule has 1 aromatic carbocycles. The van der Waals surface area contributed by atoms with Gasteiger partial charge in [-0.15, -0.1) is 0 Å². The Bertz CT molecular complexity index is 523. The molecule has 21 heavy (non-hydrogen) atoms. The van der Waals surface area contributed by atoms with Gasteiger partial charge >= 0.3 is 11.8 Å². The monoisotopic (exact) mass is 316 g/mol. The molecule has 0 aliphatic rings. The van der Waals surface area contributed by atoms with Crippen molar-refractivity contribution < 1.29 is 19.1 Å². The van der Waals surface area contributed by atoms with Crippen LogP contribution in [0.4, 0.5) is 10.1 Å². The van der Waals surface area contributed by atoms with Crippen molar-refractivity contribution in [2.45, 2.75) is 26.3 Å². The minimum Gasteiger partial charge on any atom is -0.394 e. The molecule has 1 aromatic rings. The van der Waals surface area contributed by atoms with Crippen LogP contribution in [0.2, 0.25) is 5.02 Å². The molecule has 0 aromatic heterocycles. The number of hydrogen-bond acceptors (Lipinski definition) is 3. The molecule has 5 nitrogen and oxygen atoms in total. The van der Waals surface area contributed by atoms with Crippen LogP contribution in [0.5, 0.6) is 0 Å². The second-order valence-corrected chi connectivity index (χ2v) is 5.45. The zero-order valence-corrected chi connectivity index (χ0v) is 12.6. The van der Waals surface area contributed by atoms with Gasteiger partial charge in [-0.25, -0.2) is 4.39 Å². The fraction of sp³-hybridized carbons (Fsp3) is 0.429. The molecule has 0 heterocycles. The van der Waals surface area contributed by atoms with Crippen LogP contribution in [-0.2, 0) is 9.59 Å². The van der Waals surface area contributed by atoms with Crippen molar-refractivity contribution >= 4 is 29.1 Å². The van der Waals surface area contributed by atoms with Crippen molar-refractivity contribution in [3.8, 4) is 0 Å². The van der Waals surface area contributed by atoms with Crippen molar-refractivity contribution in [3.63, 3.8) is 0 Å². The Morgan fingerprint density at radius 3 is 2.57 bits per heavy atom. The summed E-state index contributed by atoms with van der Waals surface area (Å²) in [6.07, 6.45) is 0.529. The third-order valence-corrected chi connectivity index (χ3v) is 3.01. The lowest BCUT2D eigenvalue weighted by molar-refractivity contribution is -0.136. The number of nitrogens with one attached hydrogen (secondary N) is 2. The van der Waals surface area contributed by atoms with E-state index in [0.717, 1.165) is 0 Å². The van der Waals surface area contributed by atoms with Crippen LogP contribution in [0.3, 0.4) is 0 Å². The van der Waals surface area contributed by atoms with Gasteiger partial charge in [0.05, 0.1) is 23.4 Å². The summed E-state index contributed by atoms with van der Waals surface area (Å²) in [5.74, 6) is -2.51. The number of benzene rings is 1. The SMILES string of the molecule is CC(C)CC(CO)NC(=O)C(=O)Nc1cccc(Cl)c1F. The largest absolute Gasteiger partial charge is 0.394 e. The van der Waals surface area contributed by atoms with Gasteiger partial charge in [0.2, 0.25) is 0 Å². The molecule has 1 rings (SSSR count). The van der Waals surface area contributed by atoms with Crippen LogP contribution in [0.25, 0.3) is 0 Å². The quantitative estimate of drug-likeness (QED) is 0.726. The van der Waals surface area contributed by atoms with Crippen molar-refractivity contribution in [2.75, 3.05) is 11.9 Å². The third kappa shape index (κ3) is 5.32. The van der Waals surface area contributed by atoms with E-state index in [4.69, 9.17) is 16.7 Å². The zero-order chi connectivity index (χ0) is 16.0. The molecule has 0 spiro atoms. The molecular formula is C14H18ClFN2O3. The van der Waals surface area contributed by atoms with Crippen molar-refractivity contribution in [1.29, 1.82) is 0 Å². The molecule has 0 radical (unpaired) electrons. The molecule has 116 valence electrons. The van der Waals surface area contributed by atoms with Crippen molar-refractivity contribution in [2.24, 2.45) is 5.92 Å². The second kappa shape index (κ2) is 7.95. The Morgan fingerprint density at radius 1 is 1.33 bits per heavy atom. The number of anilines is 1. The summed E-state index contributed by atoms with van der Waals surface area (Å²) in [7, 11) is 0. The van der Waals surface area contributed by atoms with E-state index < -0.39 is 23.7 Å². The highest BCUT2D eigenvalue weighted by Crippen LogP contribution is 2.21. The number of halogens is 2. The lowest BCUT2D eigenvalue weighted by Gasteiger charge is -2.18. The van der Waals surface area contributed by atoms with Crippen LogP contribution in [0.15, 0.2) is 18.2 Å². The Balaban J connectivity index is 2.66. The second-order valence-electron chi connectivity index (χ2n) is 5.04. The first-order valence-electron chi connectivity index (χ1n) is 6.51. The molecule has 0 saturated carbocycles. The first kappa shape index (κ1) is 17.4. The number of aliphatic hydroxyl groups excluding tert-OH is 1. The topological polar surface area (TPSA) is 78.4 Å². The van der Waals surface area contributed by atoms with Gasteiger partial charge < -0.3 is 15.7 Å². The molecule has 0 aliphatic carbocycles. The molecule has 0 fully saturated rings. The average molecular weight is 317 g/mol. The van der Waals surface area contributed by atoms with Crippen LogP contribution < -0.4 is 10.6 Å². The first-order chi connectivity index (χ1) is 9.85. The summed E-state index contributed by atoms with van der Waals surface area (Å²) in [5, 5.41) is 13.5. The van der Waals surface area contributed by atoms with E-state index in [1.54, 1.807) is 0 Å². The van der Waals surface area contributed by atoms with Crippen molar-refractivity contribution in [1.82, 2.24) is 5.32 Å². The summed E-state index contributed by atoms with van der Waals surface area (Å²) in [4.78, 5) is 23.4. The van der Waals surface area contributed by atoms with Gasteiger partial charge in [0.1, 0.15) is 0 Å². The van der Waals surface area contributed by atoms with E-state index in [1.807, 2.05) is 13.8 Å². The van der Waals surface area contributed by atoms with Crippen LogP contribution >= 0.6 is 11.6 Å². The zero-order valence-electron chi connectivity index (χ0n) is 11.8. The molecule has 0 aliphatic heterocycles. The van der Waals surface area contributed by atoms with E-state index >= 15 is 0 Å². The maximum Gasteiger partial charge on any atom is 0.313 e. The maximum atomic E-state index is 13.6. The number of amides is 2. The molecule has 0 bridgehead atoms. The van der Waals surface area contributed by atoms with E-state index in [-0.39, 0.29) is 23.2 Å². The van der Waals surface area contributed by atoms with Gasteiger partial charge in [-0.3, -0.25) is 9.59 Å². The predicted octanol–water partition coefficient (Wildman–Crippen LogP) is 1.94. The molecule has 0 saturated heterocycles. The highest BCUT2D eigenvalue weighted by atomic mass is 35.5. The molecule has 2 amide bonds. The molecule has 3 N–H and O–H groups in total. The number of aliphatic hydroxyl groups is 1. The van der Waals surface area contributed by atoms with Gasteiger partial charge in [-0.1, -0.05) is 31.5 Å². The third-order valence-electron chi connectivity index (χ3n) is 2.72. The normalized spacial score (nSPS) is 12.1. The lowest BCUT2D eigenvalue weighted by atomic mass is 10.0. The highest BCUT2D eigenvalue weighted by molar-refractivity contribution is 6.40. The van der Waals surface area contributed by atoms with E-state index in [0.29, 0.717) is 6.42 Å². The first-order valence-corrected chi connectivity index (χ1v) is 6.89. The summed E-state index contributed by atoms with van der Waals surface area (Å²) in [5.41, 5.74) is -0.174.